The van der Waals surface area contributed by atoms with E-state index in [4.69, 9.17) is 9.84 Å². The Morgan fingerprint density at radius 2 is 2.32 bits per heavy atom. The fourth-order valence-electron chi connectivity index (χ4n) is 2.62. The lowest BCUT2D eigenvalue weighted by Crippen LogP contribution is -2.39. The van der Waals surface area contributed by atoms with Crippen LogP contribution in [0, 0.1) is 0 Å². The van der Waals surface area contributed by atoms with E-state index in [-0.39, 0.29) is 25.0 Å². The molecule has 7 heteroatoms. The quantitative estimate of drug-likeness (QED) is 0.797. The van der Waals surface area contributed by atoms with Crippen LogP contribution >= 0.6 is 15.9 Å². The average molecular weight is 373 g/mol. The van der Waals surface area contributed by atoms with Gasteiger partial charge in [0.1, 0.15) is 5.69 Å². The predicted octanol–water partition coefficient (Wildman–Crippen LogP) is 2.37. The molecule has 122 valence electrons. The number of amides is 1. The van der Waals surface area contributed by atoms with E-state index in [2.05, 4.69) is 15.9 Å². The monoisotopic (exact) mass is 372 g/mol. The van der Waals surface area contributed by atoms with Crippen molar-refractivity contribution in [2.45, 2.75) is 38.8 Å². The molecule has 1 aromatic rings. The van der Waals surface area contributed by atoms with Crippen molar-refractivity contribution in [2.24, 2.45) is 0 Å². The van der Waals surface area contributed by atoms with Crippen LogP contribution in [0.3, 0.4) is 0 Å². The number of carboxylic acids is 1. The molecule has 6 nitrogen and oxygen atoms in total. The van der Waals surface area contributed by atoms with Crippen LogP contribution in [-0.4, -0.2) is 52.3 Å². The third kappa shape index (κ3) is 4.33. The number of rotatable bonds is 7. The first-order valence-electron chi connectivity index (χ1n) is 7.49. The van der Waals surface area contributed by atoms with E-state index in [9.17, 15) is 9.59 Å². The minimum Gasteiger partial charge on any atom is -0.481 e. The summed E-state index contributed by atoms with van der Waals surface area (Å²) in [7, 11) is 0. The topological polar surface area (TPSA) is 71.8 Å². The molecule has 0 saturated carbocycles. The SMILES string of the molecule is CCn1cc(Br)cc1C(=O)N(CCC(=O)O)C[C@@H]1CCCO1. The first kappa shape index (κ1) is 17.0. The zero-order valence-electron chi connectivity index (χ0n) is 12.6. The Balaban J connectivity index is 2.14. The number of hydrogen-bond acceptors (Lipinski definition) is 3. The molecule has 1 atom stereocenters. The number of nitrogens with zero attached hydrogens (tertiary/aromatic N) is 2. The zero-order valence-corrected chi connectivity index (χ0v) is 14.2. The Labute approximate surface area is 138 Å². The molecule has 1 aliphatic heterocycles. The van der Waals surface area contributed by atoms with Crippen molar-refractivity contribution in [1.29, 1.82) is 0 Å². The van der Waals surface area contributed by atoms with Gasteiger partial charge in [0.15, 0.2) is 0 Å². The Kier molecular flexibility index (Phi) is 6.02. The number of ether oxygens (including phenoxy) is 1. The smallest absolute Gasteiger partial charge is 0.305 e. The number of aliphatic carboxylic acids is 1. The molecular weight excluding hydrogens is 352 g/mol. The summed E-state index contributed by atoms with van der Waals surface area (Å²) in [5.41, 5.74) is 0.567. The normalized spacial score (nSPS) is 17.6. The molecule has 1 aromatic heterocycles. The molecule has 0 aromatic carbocycles. The molecule has 2 rings (SSSR count). The summed E-state index contributed by atoms with van der Waals surface area (Å²) in [6, 6.07) is 1.77. The van der Waals surface area contributed by atoms with E-state index in [1.807, 2.05) is 17.7 Å². The van der Waals surface area contributed by atoms with E-state index >= 15 is 0 Å². The Morgan fingerprint density at radius 3 is 2.91 bits per heavy atom. The van der Waals surface area contributed by atoms with Gasteiger partial charge in [-0.25, -0.2) is 0 Å². The van der Waals surface area contributed by atoms with Gasteiger partial charge in [-0.15, -0.1) is 0 Å². The van der Waals surface area contributed by atoms with Crippen LogP contribution in [0.25, 0.3) is 0 Å². The van der Waals surface area contributed by atoms with Gasteiger partial charge in [0.25, 0.3) is 5.91 Å². The maximum atomic E-state index is 12.8. The van der Waals surface area contributed by atoms with E-state index in [0.717, 1.165) is 17.3 Å². The maximum Gasteiger partial charge on any atom is 0.305 e. The lowest BCUT2D eigenvalue weighted by atomic mass is 10.2. The fraction of sp³-hybridized carbons (Fsp3) is 0.600. The highest BCUT2D eigenvalue weighted by molar-refractivity contribution is 9.10. The van der Waals surface area contributed by atoms with E-state index < -0.39 is 5.97 Å². The second kappa shape index (κ2) is 7.78. The molecule has 0 aliphatic carbocycles. The van der Waals surface area contributed by atoms with Gasteiger partial charge < -0.3 is 19.3 Å². The van der Waals surface area contributed by atoms with Crippen molar-refractivity contribution in [3.8, 4) is 0 Å². The fourth-order valence-corrected chi connectivity index (χ4v) is 3.08. The molecule has 1 N–H and O–H groups in total. The molecule has 2 heterocycles. The largest absolute Gasteiger partial charge is 0.481 e. The van der Waals surface area contributed by atoms with Crippen molar-refractivity contribution >= 4 is 27.8 Å². The highest BCUT2D eigenvalue weighted by atomic mass is 79.9. The average Bonchev–Trinajstić information content (AvgIpc) is 3.11. The Bertz CT molecular complexity index is 538. The lowest BCUT2D eigenvalue weighted by molar-refractivity contribution is -0.137. The summed E-state index contributed by atoms with van der Waals surface area (Å²) >= 11 is 3.38. The van der Waals surface area contributed by atoms with Crippen LogP contribution in [0.5, 0.6) is 0 Å². The molecular formula is C15H21BrN2O4. The second-order valence-electron chi connectivity index (χ2n) is 5.36. The number of carbonyl (C=O) groups excluding carboxylic acids is 1. The summed E-state index contributed by atoms with van der Waals surface area (Å²) in [6.45, 7) is 3.99. The first-order valence-corrected chi connectivity index (χ1v) is 8.29. The molecule has 1 aliphatic rings. The molecule has 0 spiro atoms. The minimum atomic E-state index is -0.905. The number of halogens is 1. The molecule has 1 saturated heterocycles. The second-order valence-corrected chi connectivity index (χ2v) is 6.28. The van der Waals surface area contributed by atoms with Crippen LogP contribution < -0.4 is 0 Å². The van der Waals surface area contributed by atoms with Crippen LogP contribution in [0.15, 0.2) is 16.7 Å². The van der Waals surface area contributed by atoms with Gasteiger partial charge in [-0.05, 0) is 41.8 Å². The first-order chi connectivity index (χ1) is 10.5. The van der Waals surface area contributed by atoms with Crippen molar-refractivity contribution < 1.29 is 19.4 Å². The summed E-state index contributed by atoms with van der Waals surface area (Å²) in [4.78, 5) is 25.2. The molecule has 0 unspecified atom stereocenters. The van der Waals surface area contributed by atoms with E-state index in [1.165, 1.54) is 0 Å². The van der Waals surface area contributed by atoms with Crippen molar-refractivity contribution in [2.75, 3.05) is 19.7 Å². The third-order valence-electron chi connectivity index (χ3n) is 3.75. The van der Waals surface area contributed by atoms with Gasteiger partial charge >= 0.3 is 5.97 Å². The highest BCUT2D eigenvalue weighted by Crippen LogP contribution is 2.19. The summed E-state index contributed by atoms with van der Waals surface area (Å²) in [5, 5.41) is 8.90. The molecule has 0 radical (unpaired) electrons. The number of hydrogen-bond donors (Lipinski definition) is 1. The van der Waals surface area contributed by atoms with Crippen LogP contribution in [0.1, 0.15) is 36.7 Å². The molecule has 1 fully saturated rings. The van der Waals surface area contributed by atoms with Crippen molar-refractivity contribution in [1.82, 2.24) is 9.47 Å². The Hall–Kier alpha value is -1.34. The number of aromatic nitrogens is 1. The van der Waals surface area contributed by atoms with Crippen molar-refractivity contribution in [3.63, 3.8) is 0 Å². The van der Waals surface area contributed by atoms with Crippen LogP contribution in [0.2, 0.25) is 0 Å². The maximum absolute atomic E-state index is 12.8. The van der Waals surface area contributed by atoms with Crippen LogP contribution in [0.4, 0.5) is 0 Å². The standard InChI is InChI=1S/C15H21BrN2O4/c1-2-17-9-11(16)8-13(17)15(21)18(6-5-14(19)20)10-12-4-3-7-22-12/h8-9,12H,2-7,10H2,1H3,(H,19,20)/t12-/m0/s1. The number of carbonyl (C=O) groups is 2. The summed E-state index contributed by atoms with van der Waals surface area (Å²) < 4.78 is 8.28. The predicted molar refractivity (Wildman–Crippen MR) is 84.9 cm³/mol. The number of aryl methyl sites for hydroxylation is 1. The van der Waals surface area contributed by atoms with Gasteiger partial charge in [-0.1, -0.05) is 0 Å². The minimum absolute atomic E-state index is 0.00576. The number of carboxylic acid groups (broad SMARTS) is 1. The van der Waals surface area contributed by atoms with E-state index in [1.54, 1.807) is 11.0 Å². The van der Waals surface area contributed by atoms with Gasteiger partial charge in [0.05, 0.1) is 12.5 Å². The van der Waals surface area contributed by atoms with Gasteiger partial charge in [-0.3, -0.25) is 9.59 Å². The summed E-state index contributed by atoms with van der Waals surface area (Å²) in [5.74, 6) is -1.05. The summed E-state index contributed by atoms with van der Waals surface area (Å²) in [6.07, 6.45) is 3.70. The van der Waals surface area contributed by atoms with Crippen molar-refractivity contribution in [3.05, 3.63) is 22.4 Å². The molecule has 22 heavy (non-hydrogen) atoms. The van der Waals surface area contributed by atoms with Gasteiger partial charge in [0, 0.05) is 36.9 Å². The van der Waals surface area contributed by atoms with Gasteiger partial charge in [0.2, 0.25) is 0 Å². The highest BCUT2D eigenvalue weighted by Gasteiger charge is 2.25. The van der Waals surface area contributed by atoms with E-state index in [0.29, 0.717) is 25.4 Å². The molecule has 1 amide bonds. The molecule has 0 bridgehead atoms. The van der Waals surface area contributed by atoms with Gasteiger partial charge in [-0.2, -0.15) is 0 Å². The zero-order chi connectivity index (χ0) is 16.1. The Morgan fingerprint density at radius 1 is 1.55 bits per heavy atom. The van der Waals surface area contributed by atoms with Crippen LogP contribution in [-0.2, 0) is 16.1 Å². The third-order valence-corrected chi connectivity index (χ3v) is 4.19. The lowest BCUT2D eigenvalue weighted by Gasteiger charge is -2.25.